The molecule has 4 aromatic rings. The third kappa shape index (κ3) is 14.1. The molecule has 6 N–H and O–H groups in total. The molecule has 0 saturated heterocycles. The quantitative estimate of drug-likeness (QED) is 0.0857. The molecule has 4 rings (SSSR count). The standard InChI is InChI=1S/C16H19N5O9S2.C14H16ClN5O5S/c1-29-12-7-13(30-2)19-15(18-12)20-16(24)21-32(27,28)11-6-9(8-17-31(3,25)26)4-5-10(11)14(22)23;1-9-16-12(19-14(17-9)24-2)18-13(21)20-26(22,23)11-6-4-3-5-10(11)25-8-7-15/h4-7,17H,8H2,1-3H3,(H,22,23)(H2,18,19,20,21,24);3-6H,7-8H2,1-2H3,(H2,16,17,18,19,20,21). The lowest BCUT2D eigenvalue weighted by Crippen LogP contribution is -2.35. The summed E-state index contributed by atoms with van der Waals surface area (Å²) in [5.74, 6) is -1.49. The number of carboxylic acid groups (broad SMARTS) is 1. The summed E-state index contributed by atoms with van der Waals surface area (Å²) in [6, 6.07) is 7.95. The van der Waals surface area contributed by atoms with Crippen LogP contribution in [0.2, 0.25) is 0 Å². The lowest BCUT2D eigenvalue weighted by molar-refractivity contribution is 0.0692. The summed E-state index contributed by atoms with van der Waals surface area (Å²) in [7, 11) is -8.54. The maximum Gasteiger partial charge on any atom is 0.337 e. The molecule has 0 unspecified atom stereocenters. The van der Waals surface area contributed by atoms with E-state index in [1.54, 1.807) is 17.7 Å². The molecule has 0 spiro atoms. The molecule has 314 valence electrons. The normalized spacial score (nSPS) is 11.2. The predicted octanol–water partition coefficient (Wildman–Crippen LogP) is 1.07. The number of carbonyl (C=O) groups is 3. The van der Waals surface area contributed by atoms with Crippen LogP contribution in [0.15, 0.2) is 58.3 Å². The Morgan fingerprint density at radius 3 is 1.84 bits per heavy atom. The van der Waals surface area contributed by atoms with E-state index in [1.807, 2.05) is 4.72 Å². The molecule has 2 aromatic heterocycles. The maximum atomic E-state index is 12.7. The van der Waals surface area contributed by atoms with Gasteiger partial charge >= 0.3 is 24.0 Å². The summed E-state index contributed by atoms with van der Waals surface area (Å²) in [6.45, 7) is 1.38. The Hall–Kier alpha value is -6.16. The number of benzene rings is 2. The molecule has 0 aliphatic heterocycles. The second-order valence-electron chi connectivity index (χ2n) is 10.8. The summed E-state index contributed by atoms with van der Waals surface area (Å²) in [4.78, 5) is 53.9. The summed E-state index contributed by atoms with van der Waals surface area (Å²) in [5, 5.41) is 13.6. The first-order chi connectivity index (χ1) is 27.2. The molecule has 58 heavy (non-hydrogen) atoms. The smallest absolute Gasteiger partial charge is 0.337 e. The number of aryl methyl sites for hydroxylation is 1. The van der Waals surface area contributed by atoms with Crippen molar-refractivity contribution in [2.45, 2.75) is 23.3 Å². The average molecular weight is 891 g/mol. The molecule has 4 amide bonds. The fraction of sp³-hybridized carbons (Fsp3) is 0.267. The summed E-state index contributed by atoms with van der Waals surface area (Å²) in [5.41, 5.74) is -0.491. The van der Waals surface area contributed by atoms with Crippen LogP contribution < -0.4 is 43.7 Å². The average Bonchev–Trinajstić information content (AvgIpc) is 3.15. The van der Waals surface area contributed by atoms with E-state index in [0.717, 1.165) is 18.4 Å². The van der Waals surface area contributed by atoms with E-state index in [9.17, 15) is 44.7 Å². The van der Waals surface area contributed by atoms with Crippen LogP contribution in [0.4, 0.5) is 21.5 Å². The number of nitrogens with zero attached hydrogens (tertiary/aromatic N) is 5. The number of methoxy groups -OCH3 is 3. The molecule has 2 heterocycles. The predicted molar refractivity (Wildman–Crippen MR) is 203 cm³/mol. The van der Waals surface area contributed by atoms with Crippen molar-refractivity contribution >= 4 is 71.6 Å². The first-order valence-corrected chi connectivity index (χ1v) is 21.1. The Bertz CT molecular complexity index is 2460. The van der Waals surface area contributed by atoms with Crippen LogP contribution in [0.25, 0.3) is 0 Å². The maximum absolute atomic E-state index is 12.7. The Kier molecular flexibility index (Phi) is 16.2. The zero-order valence-corrected chi connectivity index (χ0v) is 34.0. The number of halogens is 1. The number of aromatic nitrogens is 5. The number of carboxylic acids is 1. The number of aromatic carboxylic acids is 1. The van der Waals surface area contributed by atoms with Gasteiger partial charge in [-0.15, -0.1) is 11.6 Å². The lowest BCUT2D eigenvalue weighted by Gasteiger charge is -2.12. The first-order valence-electron chi connectivity index (χ1n) is 15.7. The number of nitrogens with one attached hydrogen (secondary N) is 5. The number of alkyl halides is 1. The van der Waals surface area contributed by atoms with Crippen LogP contribution in [0.1, 0.15) is 21.7 Å². The van der Waals surface area contributed by atoms with Gasteiger partial charge in [-0.3, -0.25) is 10.6 Å². The molecule has 0 radical (unpaired) electrons. The van der Waals surface area contributed by atoms with Gasteiger partial charge in [0.25, 0.3) is 20.0 Å². The van der Waals surface area contributed by atoms with E-state index in [2.05, 4.69) is 40.3 Å². The fourth-order valence-corrected chi connectivity index (χ4v) is 6.83. The molecule has 0 bridgehead atoms. The molecule has 2 aromatic carbocycles. The summed E-state index contributed by atoms with van der Waals surface area (Å²) in [6.07, 6.45) is 0.901. The number of hydrogen-bond donors (Lipinski definition) is 6. The van der Waals surface area contributed by atoms with Crippen molar-refractivity contribution in [1.82, 2.24) is 39.1 Å². The number of carbonyl (C=O) groups excluding carboxylic acids is 2. The second kappa shape index (κ2) is 20.3. The highest BCUT2D eigenvalue weighted by Gasteiger charge is 2.26. The number of urea groups is 2. The molecule has 24 nitrogen and oxygen atoms in total. The minimum Gasteiger partial charge on any atom is -0.491 e. The van der Waals surface area contributed by atoms with Gasteiger partial charge in [0.2, 0.25) is 33.7 Å². The third-order valence-corrected chi connectivity index (χ3v) is 10.1. The Balaban J connectivity index is 0.000000317. The molecule has 0 aliphatic carbocycles. The third-order valence-electron chi connectivity index (χ3n) is 6.49. The van der Waals surface area contributed by atoms with E-state index < -0.39 is 58.6 Å². The van der Waals surface area contributed by atoms with Crippen LogP contribution in [-0.2, 0) is 36.6 Å². The summed E-state index contributed by atoms with van der Waals surface area (Å²) < 4.78 is 98.4. The van der Waals surface area contributed by atoms with Crippen LogP contribution in [-0.4, -0.2) is 113 Å². The Labute approximate surface area is 336 Å². The zero-order valence-electron chi connectivity index (χ0n) is 30.8. The molecular weight excluding hydrogens is 856 g/mol. The van der Waals surface area contributed by atoms with Gasteiger partial charge in [0.15, 0.2) is 0 Å². The molecule has 28 heteroatoms. The van der Waals surface area contributed by atoms with Crippen molar-refractivity contribution < 1.29 is 63.7 Å². The SMILES string of the molecule is COc1cc(OC)nc(NC(=O)NS(=O)(=O)c2cc(CNS(C)(=O)=O)ccc2C(=O)O)n1.COc1nc(C)nc(NC(=O)NS(=O)(=O)c2ccccc2OCCCl)n1. The van der Waals surface area contributed by atoms with Crippen molar-refractivity contribution in [2.24, 2.45) is 0 Å². The molecule has 0 atom stereocenters. The number of hydrogen-bond acceptors (Lipinski definition) is 18. The molecular formula is C30H35ClN10O14S3. The number of sulfonamides is 3. The van der Waals surface area contributed by atoms with E-state index >= 15 is 0 Å². The minimum absolute atomic E-state index is 0.0181. The van der Waals surface area contributed by atoms with Gasteiger partial charge in [0.1, 0.15) is 28.0 Å². The summed E-state index contributed by atoms with van der Waals surface area (Å²) >= 11 is 5.55. The molecule has 0 fully saturated rings. The second-order valence-corrected chi connectivity index (χ2v) is 16.3. The number of amides is 4. The Morgan fingerprint density at radius 1 is 0.741 bits per heavy atom. The van der Waals surface area contributed by atoms with E-state index in [0.29, 0.717) is 0 Å². The minimum atomic E-state index is -4.70. The van der Waals surface area contributed by atoms with Crippen LogP contribution in [0.3, 0.4) is 0 Å². The largest absolute Gasteiger partial charge is 0.491 e. The molecule has 0 aliphatic rings. The van der Waals surface area contributed by atoms with Crippen LogP contribution >= 0.6 is 11.6 Å². The monoisotopic (exact) mass is 890 g/mol. The van der Waals surface area contributed by atoms with Gasteiger partial charge in [-0.2, -0.15) is 24.9 Å². The fourth-order valence-electron chi connectivity index (χ4n) is 4.11. The van der Waals surface area contributed by atoms with E-state index in [4.69, 9.17) is 30.5 Å². The highest BCUT2D eigenvalue weighted by atomic mass is 35.5. The van der Waals surface area contributed by atoms with Gasteiger partial charge in [-0.25, -0.2) is 53.8 Å². The number of rotatable bonds is 16. The van der Waals surface area contributed by atoms with Crippen molar-refractivity contribution in [2.75, 3.05) is 50.7 Å². The Morgan fingerprint density at radius 2 is 1.31 bits per heavy atom. The van der Waals surface area contributed by atoms with Crippen molar-refractivity contribution in [3.05, 3.63) is 65.5 Å². The zero-order chi connectivity index (χ0) is 43.3. The van der Waals surface area contributed by atoms with Gasteiger partial charge in [-0.1, -0.05) is 18.2 Å². The van der Waals surface area contributed by atoms with Gasteiger partial charge < -0.3 is 24.1 Å². The van der Waals surface area contributed by atoms with Crippen molar-refractivity contribution in [3.8, 4) is 23.5 Å². The number of ether oxygens (including phenoxy) is 4. The highest BCUT2D eigenvalue weighted by Crippen LogP contribution is 2.24. The molecule has 0 saturated carbocycles. The lowest BCUT2D eigenvalue weighted by atomic mass is 10.1. The van der Waals surface area contributed by atoms with E-state index in [-0.39, 0.29) is 70.7 Å². The van der Waals surface area contributed by atoms with Crippen LogP contribution in [0.5, 0.6) is 23.5 Å². The van der Waals surface area contributed by atoms with E-state index in [1.165, 1.54) is 51.7 Å². The van der Waals surface area contributed by atoms with Gasteiger partial charge in [0.05, 0.1) is 45.1 Å². The van der Waals surface area contributed by atoms with Crippen molar-refractivity contribution in [1.29, 1.82) is 0 Å². The number of para-hydroxylation sites is 1. The topological polar surface area (TPSA) is 335 Å². The van der Waals surface area contributed by atoms with Gasteiger partial charge in [-0.05, 0) is 36.8 Å². The highest BCUT2D eigenvalue weighted by molar-refractivity contribution is 7.90. The van der Waals surface area contributed by atoms with Gasteiger partial charge in [0, 0.05) is 6.54 Å². The number of anilines is 2. The van der Waals surface area contributed by atoms with Crippen LogP contribution in [0, 0.1) is 6.92 Å². The van der Waals surface area contributed by atoms with Crippen molar-refractivity contribution in [3.63, 3.8) is 0 Å². The first kappa shape index (κ1) is 46.2.